The molecule has 2 N–H and O–H groups in total. The topological polar surface area (TPSA) is 97.0 Å². The molecule has 1 aliphatic heterocycles. The van der Waals surface area contributed by atoms with E-state index < -0.39 is 11.9 Å². The fourth-order valence-corrected chi connectivity index (χ4v) is 4.81. The van der Waals surface area contributed by atoms with Crippen LogP contribution in [-0.2, 0) is 23.9 Å². The summed E-state index contributed by atoms with van der Waals surface area (Å²) in [5.74, 6) is -1.12. The van der Waals surface area contributed by atoms with Gasteiger partial charge in [-0.15, -0.1) is 0 Å². The Bertz CT molecular complexity index is 658. The summed E-state index contributed by atoms with van der Waals surface area (Å²) >= 11 is 0. The number of carbonyl (C=O) groups is 3. The molecule has 1 spiro atoms. The zero-order valence-electron chi connectivity index (χ0n) is 20.0. The van der Waals surface area contributed by atoms with Crippen LogP contribution in [0.2, 0.25) is 0 Å². The number of cyclic esters (lactones) is 1. The monoisotopic (exact) mass is 451 g/mol. The van der Waals surface area contributed by atoms with Gasteiger partial charge in [0.15, 0.2) is 0 Å². The number of esters is 1. The second-order valence-electron chi connectivity index (χ2n) is 9.93. The maximum absolute atomic E-state index is 12.5. The van der Waals surface area contributed by atoms with E-state index in [4.69, 9.17) is 9.47 Å². The summed E-state index contributed by atoms with van der Waals surface area (Å²) in [7, 11) is 3.58. The Labute approximate surface area is 192 Å². The molecule has 3 rings (SSSR count). The minimum Gasteiger partial charge on any atom is -0.463 e. The van der Waals surface area contributed by atoms with Gasteiger partial charge in [-0.2, -0.15) is 0 Å². The summed E-state index contributed by atoms with van der Waals surface area (Å²) < 4.78 is 11.2. The van der Waals surface area contributed by atoms with E-state index in [2.05, 4.69) is 10.6 Å². The van der Waals surface area contributed by atoms with Crippen LogP contribution in [0.3, 0.4) is 0 Å². The summed E-state index contributed by atoms with van der Waals surface area (Å²) in [6, 6.07) is 0.725. The number of likely N-dealkylation sites (N-methyl/N-ethyl adjacent to an activating group) is 1. The minimum atomic E-state index is -0.746. The van der Waals surface area contributed by atoms with Crippen molar-refractivity contribution in [3.05, 3.63) is 0 Å². The highest BCUT2D eigenvalue weighted by Gasteiger charge is 2.39. The summed E-state index contributed by atoms with van der Waals surface area (Å²) in [5.41, 5.74) is -0.304. The van der Waals surface area contributed by atoms with Crippen molar-refractivity contribution in [2.45, 2.75) is 94.9 Å². The standard InChI is InChI=1S/C24H41N3O5/c1-17-21(28)9-8-20(31-3)5-4-14-26-24(16-32-23(17)30)12-10-19(11-13-24)27(2)22(29)15-25-18-6-7-18/h17-20,25-26H,4-16H2,1-3H3. The van der Waals surface area contributed by atoms with E-state index in [1.165, 1.54) is 12.8 Å². The number of rotatable bonds is 5. The van der Waals surface area contributed by atoms with Gasteiger partial charge in [0, 0.05) is 32.7 Å². The molecule has 0 radical (unpaired) electrons. The third kappa shape index (κ3) is 6.99. The summed E-state index contributed by atoms with van der Waals surface area (Å²) in [6.45, 7) is 3.13. The van der Waals surface area contributed by atoms with Crippen LogP contribution < -0.4 is 10.6 Å². The van der Waals surface area contributed by atoms with Crippen LogP contribution in [0, 0.1) is 5.92 Å². The lowest BCUT2D eigenvalue weighted by Gasteiger charge is -2.43. The molecule has 0 aromatic heterocycles. The van der Waals surface area contributed by atoms with Crippen LogP contribution in [0.5, 0.6) is 0 Å². The Morgan fingerprint density at radius 3 is 2.56 bits per heavy atom. The van der Waals surface area contributed by atoms with Gasteiger partial charge in [-0.1, -0.05) is 0 Å². The number of hydrogen-bond donors (Lipinski definition) is 2. The van der Waals surface area contributed by atoms with E-state index >= 15 is 0 Å². The van der Waals surface area contributed by atoms with Crippen LogP contribution in [0.15, 0.2) is 0 Å². The van der Waals surface area contributed by atoms with Crippen molar-refractivity contribution in [1.82, 2.24) is 15.5 Å². The highest BCUT2D eigenvalue weighted by molar-refractivity contribution is 5.98. The second kappa shape index (κ2) is 11.6. The van der Waals surface area contributed by atoms with Crippen molar-refractivity contribution >= 4 is 17.7 Å². The van der Waals surface area contributed by atoms with Crippen molar-refractivity contribution in [3.8, 4) is 0 Å². The lowest BCUT2D eigenvalue weighted by Crippen LogP contribution is -2.55. The zero-order valence-corrected chi connectivity index (χ0v) is 20.0. The number of nitrogens with one attached hydrogen (secondary N) is 2. The molecule has 8 heteroatoms. The summed E-state index contributed by atoms with van der Waals surface area (Å²) in [4.78, 5) is 39.4. The molecule has 2 aliphatic carbocycles. The number of Topliss-reactive ketones (excluding diaryl/α,β-unsaturated/α-hetero) is 1. The van der Waals surface area contributed by atoms with Crippen LogP contribution in [-0.4, -0.2) is 80.1 Å². The van der Waals surface area contributed by atoms with Gasteiger partial charge in [-0.3, -0.25) is 14.4 Å². The quantitative estimate of drug-likeness (QED) is 0.486. The first-order valence-electron chi connectivity index (χ1n) is 12.3. The molecular formula is C24H41N3O5. The van der Waals surface area contributed by atoms with Gasteiger partial charge >= 0.3 is 5.97 Å². The predicted molar refractivity (Wildman–Crippen MR) is 121 cm³/mol. The molecule has 0 aromatic carbocycles. The van der Waals surface area contributed by atoms with Gasteiger partial charge < -0.3 is 25.0 Å². The van der Waals surface area contributed by atoms with E-state index in [9.17, 15) is 14.4 Å². The fraction of sp³-hybridized carbons (Fsp3) is 0.875. The van der Waals surface area contributed by atoms with E-state index in [-0.39, 0.29) is 36.0 Å². The molecule has 8 nitrogen and oxygen atoms in total. The Hall–Kier alpha value is -1.51. The molecule has 1 amide bonds. The lowest BCUT2D eigenvalue weighted by atomic mass is 9.79. The smallest absolute Gasteiger partial charge is 0.316 e. The normalized spacial score (nSPS) is 33.0. The number of amides is 1. The SMILES string of the molecule is COC1CCCNC2(CCC(N(C)C(=O)CNC3CC3)CC2)COC(=O)C(C)C(=O)CC1. The molecule has 0 aromatic rings. The first-order chi connectivity index (χ1) is 15.3. The molecule has 3 fully saturated rings. The largest absolute Gasteiger partial charge is 0.463 e. The Balaban J connectivity index is 1.58. The van der Waals surface area contributed by atoms with Crippen molar-refractivity contribution < 1.29 is 23.9 Å². The highest BCUT2D eigenvalue weighted by Crippen LogP contribution is 2.32. The molecule has 2 saturated carbocycles. The van der Waals surface area contributed by atoms with E-state index in [1.54, 1.807) is 14.0 Å². The molecule has 2 unspecified atom stereocenters. The first kappa shape index (κ1) is 25.1. The van der Waals surface area contributed by atoms with Crippen LogP contribution in [0.1, 0.15) is 71.1 Å². The van der Waals surface area contributed by atoms with Gasteiger partial charge in [0.1, 0.15) is 18.3 Å². The number of hydrogen-bond acceptors (Lipinski definition) is 7. The Kier molecular flexibility index (Phi) is 9.08. The minimum absolute atomic E-state index is 0.0281. The van der Waals surface area contributed by atoms with Crippen molar-refractivity contribution in [2.75, 3.05) is 33.9 Å². The number of ether oxygens (including phenoxy) is 2. The molecule has 1 saturated heterocycles. The van der Waals surface area contributed by atoms with Crippen molar-refractivity contribution in [1.29, 1.82) is 0 Å². The molecule has 32 heavy (non-hydrogen) atoms. The molecular weight excluding hydrogens is 410 g/mol. The molecule has 3 aliphatic rings. The predicted octanol–water partition coefficient (Wildman–Crippen LogP) is 1.81. The average molecular weight is 452 g/mol. The van der Waals surface area contributed by atoms with Gasteiger partial charge in [0.2, 0.25) is 5.91 Å². The Morgan fingerprint density at radius 1 is 1.19 bits per heavy atom. The Morgan fingerprint density at radius 2 is 1.91 bits per heavy atom. The third-order valence-electron chi connectivity index (χ3n) is 7.55. The van der Waals surface area contributed by atoms with Crippen LogP contribution in [0.4, 0.5) is 0 Å². The van der Waals surface area contributed by atoms with Gasteiger partial charge in [0.25, 0.3) is 0 Å². The number of carbonyl (C=O) groups excluding carboxylic acids is 3. The number of ketones is 1. The molecule has 0 bridgehead atoms. The number of nitrogens with zero attached hydrogens (tertiary/aromatic N) is 1. The third-order valence-corrected chi connectivity index (χ3v) is 7.55. The summed E-state index contributed by atoms with van der Waals surface area (Å²) in [5, 5.41) is 6.97. The first-order valence-corrected chi connectivity index (χ1v) is 12.3. The summed E-state index contributed by atoms with van der Waals surface area (Å²) in [6.07, 6.45) is 8.54. The van der Waals surface area contributed by atoms with E-state index in [1.807, 2.05) is 11.9 Å². The maximum atomic E-state index is 12.5. The van der Waals surface area contributed by atoms with E-state index in [0.29, 0.717) is 25.4 Å². The van der Waals surface area contributed by atoms with Gasteiger partial charge in [-0.25, -0.2) is 0 Å². The highest BCUT2D eigenvalue weighted by atomic mass is 16.5. The zero-order chi connectivity index (χ0) is 23.1. The van der Waals surface area contributed by atoms with Crippen molar-refractivity contribution in [2.24, 2.45) is 5.92 Å². The average Bonchev–Trinajstić information content (AvgIpc) is 3.64. The van der Waals surface area contributed by atoms with E-state index in [0.717, 1.165) is 45.1 Å². The molecule has 2 atom stereocenters. The molecule has 1 heterocycles. The van der Waals surface area contributed by atoms with Crippen molar-refractivity contribution in [3.63, 3.8) is 0 Å². The van der Waals surface area contributed by atoms with Gasteiger partial charge in [-0.05, 0) is 71.3 Å². The van der Waals surface area contributed by atoms with Gasteiger partial charge in [0.05, 0.1) is 18.2 Å². The fourth-order valence-electron chi connectivity index (χ4n) is 4.81. The second-order valence-corrected chi connectivity index (χ2v) is 9.93. The van der Waals surface area contributed by atoms with Crippen LogP contribution in [0.25, 0.3) is 0 Å². The lowest BCUT2D eigenvalue weighted by molar-refractivity contribution is -0.154. The maximum Gasteiger partial charge on any atom is 0.316 e. The molecule has 182 valence electrons. The number of methoxy groups -OCH3 is 1. The van der Waals surface area contributed by atoms with Crippen LogP contribution >= 0.6 is 0 Å².